The van der Waals surface area contributed by atoms with Crippen LogP contribution in [0, 0.1) is 0 Å². The zero-order valence-electron chi connectivity index (χ0n) is 14.7. The van der Waals surface area contributed by atoms with Crippen molar-refractivity contribution in [2.75, 3.05) is 0 Å². The molecule has 0 amide bonds. The Labute approximate surface area is 159 Å². The van der Waals surface area contributed by atoms with Gasteiger partial charge < -0.3 is 24.8 Å². The monoisotopic (exact) mass is 368 g/mol. The first-order valence-corrected chi connectivity index (χ1v) is 8.87. The van der Waals surface area contributed by atoms with Crippen molar-refractivity contribution in [3.8, 4) is 5.82 Å². The van der Waals surface area contributed by atoms with Gasteiger partial charge in [-0.2, -0.15) is 0 Å². The standard InChI is InChI=1S/C20H30N2.2ClH/c1-2-3-4-5-6-7-8-11-16-22-19-14-10-15-20(22)21-17-12-9-13-18-21;;/h9-10,12-15,17-19H,2-8,11,16H2,1H3;2*1H/q+2;;/p-2. The minimum absolute atomic E-state index is 0. The predicted octanol–water partition coefficient (Wildman–Crippen LogP) is -1.60. The maximum absolute atomic E-state index is 2.36. The van der Waals surface area contributed by atoms with E-state index in [0.717, 1.165) is 6.54 Å². The minimum Gasteiger partial charge on any atom is -1.00 e. The normalized spacial score (nSPS) is 9.88. The molecule has 0 fully saturated rings. The molecule has 0 aromatic carbocycles. The predicted molar refractivity (Wildman–Crippen MR) is 90.8 cm³/mol. The van der Waals surface area contributed by atoms with E-state index in [4.69, 9.17) is 0 Å². The first-order chi connectivity index (χ1) is 10.9. The van der Waals surface area contributed by atoms with Crippen LogP contribution in [0.3, 0.4) is 0 Å². The molecule has 0 aliphatic carbocycles. The molecule has 2 aromatic heterocycles. The van der Waals surface area contributed by atoms with Crippen LogP contribution >= 0.6 is 0 Å². The van der Waals surface area contributed by atoms with Gasteiger partial charge in [0.1, 0.15) is 0 Å². The van der Waals surface area contributed by atoms with E-state index in [2.05, 4.69) is 71.0 Å². The van der Waals surface area contributed by atoms with Gasteiger partial charge in [-0.3, -0.25) is 0 Å². The Morgan fingerprint density at radius 1 is 0.667 bits per heavy atom. The molecule has 134 valence electrons. The molecule has 0 N–H and O–H groups in total. The summed E-state index contributed by atoms with van der Waals surface area (Å²) in [6.07, 6.45) is 17.4. The second-order valence-corrected chi connectivity index (χ2v) is 6.01. The van der Waals surface area contributed by atoms with Crippen LogP contribution < -0.4 is 33.9 Å². The number of aromatic nitrogens is 2. The number of rotatable bonds is 10. The lowest BCUT2D eigenvalue weighted by atomic mass is 10.1. The van der Waals surface area contributed by atoms with Crippen LogP contribution in [0.4, 0.5) is 0 Å². The molecule has 0 saturated heterocycles. The number of unbranched alkanes of at least 4 members (excludes halogenated alkanes) is 7. The van der Waals surface area contributed by atoms with Crippen LogP contribution in [0.25, 0.3) is 5.82 Å². The molecule has 2 nitrogen and oxygen atoms in total. The Bertz CT molecular complexity index is 532. The molecular weight excluding hydrogens is 339 g/mol. The summed E-state index contributed by atoms with van der Waals surface area (Å²) in [6.45, 7) is 3.38. The molecular formula is C20H30Cl2N2. The minimum atomic E-state index is 0. The molecule has 0 aliphatic rings. The summed E-state index contributed by atoms with van der Waals surface area (Å²) in [7, 11) is 0. The van der Waals surface area contributed by atoms with Crippen molar-refractivity contribution in [3.63, 3.8) is 0 Å². The van der Waals surface area contributed by atoms with Gasteiger partial charge in [-0.1, -0.05) is 51.5 Å². The van der Waals surface area contributed by atoms with Gasteiger partial charge in [0.2, 0.25) is 0 Å². The first kappa shape index (κ1) is 22.9. The van der Waals surface area contributed by atoms with Crippen LogP contribution in [-0.2, 0) is 6.54 Å². The third-order valence-electron chi connectivity index (χ3n) is 4.15. The average molecular weight is 369 g/mol. The first-order valence-electron chi connectivity index (χ1n) is 8.87. The highest BCUT2D eigenvalue weighted by Crippen LogP contribution is 2.08. The van der Waals surface area contributed by atoms with Gasteiger partial charge >= 0.3 is 5.82 Å². The molecule has 0 spiro atoms. The summed E-state index contributed by atoms with van der Waals surface area (Å²) < 4.78 is 4.54. The number of nitrogens with zero attached hydrogens (tertiary/aromatic N) is 2. The van der Waals surface area contributed by atoms with Crippen LogP contribution in [0.15, 0.2) is 55.0 Å². The van der Waals surface area contributed by atoms with Crippen LogP contribution in [0.2, 0.25) is 0 Å². The highest BCUT2D eigenvalue weighted by atomic mass is 35.5. The van der Waals surface area contributed by atoms with Crippen molar-refractivity contribution in [1.29, 1.82) is 0 Å². The van der Waals surface area contributed by atoms with E-state index in [1.807, 2.05) is 0 Å². The van der Waals surface area contributed by atoms with Crippen molar-refractivity contribution in [2.24, 2.45) is 0 Å². The third kappa shape index (κ3) is 8.12. The third-order valence-corrected chi connectivity index (χ3v) is 4.15. The summed E-state index contributed by atoms with van der Waals surface area (Å²) in [5.41, 5.74) is 0. The van der Waals surface area contributed by atoms with Crippen molar-refractivity contribution in [3.05, 3.63) is 55.0 Å². The Balaban J connectivity index is 0.00000264. The highest BCUT2D eigenvalue weighted by molar-refractivity contribution is 5.03. The lowest BCUT2D eigenvalue weighted by Gasteiger charge is -2.01. The fourth-order valence-corrected chi connectivity index (χ4v) is 2.86. The topological polar surface area (TPSA) is 7.76 Å². The van der Waals surface area contributed by atoms with Crippen molar-refractivity contribution < 1.29 is 33.9 Å². The lowest BCUT2D eigenvalue weighted by Crippen LogP contribution is -3.00. The summed E-state index contributed by atoms with van der Waals surface area (Å²) in [5, 5.41) is 0. The van der Waals surface area contributed by atoms with E-state index in [9.17, 15) is 0 Å². The van der Waals surface area contributed by atoms with Gasteiger partial charge in [0.05, 0.1) is 6.07 Å². The second kappa shape index (κ2) is 14.2. The summed E-state index contributed by atoms with van der Waals surface area (Å²) in [4.78, 5) is 0. The van der Waals surface area contributed by atoms with E-state index >= 15 is 0 Å². The highest BCUT2D eigenvalue weighted by Gasteiger charge is 2.17. The van der Waals surface area contributed by atoms with Gasteiger partial charge in [-0.25, -0.2) is 0 Å². The van der Waals surface area contributed by atoms with Gasteiger partial charge in [-0.15, -0.1) is 9.13 Å². The Kier molecular flexibility index (Phi) is 13.6. The van der Waals surface area contributed by atoms with E-state index in [1.165, 1.54) is 57.2 Å². The van der Waals surface area contributed by atoms with E-state index in [0.29, 0.717) is 0 Å². The lowest BCUT2D eigenvalue weighted by molar-refractivity contribution is -0.792. The fraction of sp³-hybridized carbons (Fsp3) is 0.500. The number of hydrogen-bond donors (Lipinski definition) is 0. The maximum Gasteiger partial charge on any atom is 0.449 e. The van der Waals surface area contributed by atoms with Gasteiger partial charge in [0.25, 0.3) is 0 Å². The summed E-state index contributed by atoms with van der Waals surface area (Å²) in [5.74, 6) is 1.24. The Morgan fingerprint density at radius 2 is 1.25 bits per heavy atom. The Morgan fingerprint density at radius 3 is 1.92 bits per heavy atom. The van der Waals surface area contributed by atoms with Gasteiger partial charge in [0, 0.05) is 24.6 Å². The maximum atomic E-state index is 2.36. The number of hydrogen-bond acceptors (Lipinski definition) is 0. The van der Waals surface area contributed by atoms with E-state index < -0.39 is 0 Å². The van der Waals surface area contributed by atoms with Gasteiger partial charge in [-0.05, 0) is 12.5 Å². The molecule has 0 bridgehead atoms. The number of aryl methyl sites for hydroxylation is 1. The smallest absolute Gasteiger partial charge is 0.449 e. The summed E-state index contributed by atoms with van der Waals surface area (Å²) in [6, 6.07) is 12.6. The molecule has 24 heavy (non-hydrogen) atoms. The van der Waals surface area contributed by atoms with Crippen LogP contribution in [-0.4, -0.2) is 0 Å². The Hall–Kier alpha value is -1.12. The second-order valence-electron chi connectivity index (χ2n) is 6.01. The number of pyridine rings is 2. The fourth-order valence-electron chi connectivity index (χ4n) is 2.86. The molecule has 2 aromatic rings. The molecule has 0 saturated carbocycles. The summed E-state index contributed by atoms with van der Waals surface area (Å²) >= 11 is 0. The van der Waals surface area contributed by atoms with Crippen LogP contribution in [0.1, 0.15) is 58.3 Å². The van der Waals surface area contributed by atoms with Gasteiger partial charge in [0.15, 0.2) is 25.1 Å². The molecule has 0 atom stereocenters. The SMILES string of the molecule is CCCCCCCCCC[n+]1ccccc1-[n+]1ccccc1.[Cl-].[Cl-]. The average Bonchev–Trinajstić information content (AvgIpc) is 2.58. The molecule has 0 radical (unpaired) electrons. The van der Waals surface area contributed by atoms with Crippen molar-refractivity contribution in [1.82, 2.24) is 0 Å². The molecule has 2 heterocycles. The largest absolute Gasteiger partial charge is 1.00 e. The molecule has 0 aliphatic heterocycles. The van der Waals surface area contributed by atoms with Crippen molar-refractivity contribution >= 4 is 0 Å². The quantitative estimate of drug-likeness (QED) is 0.352. The van der Waals surface area contributed by atoms with Crippen LogP contribution in [0.5, 0.6) is 0 Å². The molecule has 4 heteroatoms. The van der Waals surface area contributed by atoms with E-state index in [-0.39, 0.29) is 24.8 Å². The van der Waals surface area contributed by atoms with Crippen molar-refractivity contribution in [2.45, 2.75) is 64.8 Å². The van der Waals surface area contributed by atoms with E-state index in [1.54, 1.807) is 0 Å². The number of halogens is 2. The zero-order chi connectivity index (χ0) is 15.5. The molecule has 2 rings (SSSR count). The zero-order valence-corrected chi connectivity index (χ0v) is 16.2. The molecule has 0 unspecified atom stereocenters.